The van der Waals surface area contributed by atoms with E-state index >= 15 is 0 Å². The first kappa shape index (κ1) is 14.3. The van der Waals surface area contributed by atoms with Gasteiger partial charge in [0.1, 0.15) is 0 Å². The fourth-order valence-corrected chi connectivity index (χ4v) is 3.52. The van der Waals surface area contributed by atoms with Crippen LogP contribution in [-0.4, -0.2) is 59.8 Å². The second kappa shape index (κ2) is 7.46. The Hall–Kier alpha value is -0.120. The standard InChI is InChI=1S/C15H30N2O/c1-14(18)13-15-7-2-3-11-17(15)12-6-10-16-8-4-5-9-16/h14-15,18H,2-13H2,1H3. The van der Waals surface area contributed by atoms with E-state index in [2.05, 4.69) is 9.80 Å². The Morgan fingerprint density at radius 1 is 1.06 bits per heavy atom. The molecule has 0 saturated carbocycles. The Kier molecular flexibility index (Phi) is 5.93. The molecule has 2 rings (SSSR count). The van der Waals surface area contributed by atoms with Crippen molar-refractivity contribution in [1.82, 2.24) is 9.80 Å². The summed E-state index contributed by atoms with van der Waals surface area (Å²) in [6, 6.07) is 0.636. The van der Waals surface area contributed by atoms with Gasteiger partial charge in [0.25, 0.3) is 0 Å². The first-order valence-corrected chi connectivity index (χ1v) is 7.90. The molecule has 106 valence electrons. The van der Waals surface area contributed by atoms with Gasteiger partial charge in [-0.25, -0.2) is 0 Å². The van der Waals surface area contributed by atoms with Crippen molar-refractivity contribution in [3.63, 3.8) is 0 Å². The van der Waals surface area contributed by atoms with Gasteiger partial charge in [-0.05, 0) is 78.2 Å². The fourth-order valence-electron chi connectivity index (χ4n) is 3.52. The van der Waals surface area contributed by atoms with Gasteiger partial charge >= 0.3 is 0 Å². The summed E-state index contributed by atoms with van der Waals surface area (Å²) in [6.45, 7) is 8.31. The van der Waals surface area contributed by atoms with Crippen LogP contribution in [0.25, 0.3) is 0 Å². The highest BCUT2D eigenvalue weighted by atomic mass is 16.3. The number of hydrogen-bond acceptors (Lipinski definition) is 3. The van der Waals surface area contributed by atoms with E-state index in [0.29, 0.717) is 6.04 Å². The molecule has 0 bridgehead atoms. The molecule has 0 aromatic rings. The predicted octanol–water partition coefficient (Wildman–Crippen LogP) is 2.10. The molecular formula is C15H30N2O. The summed E-state index contributed by atoms with van der Waals surface area (Å²) in [5.41, 5.74) is 0. The van der Waals surface area contributed by atoms with Crippen LogP contribution in [0.4, 0.5) is 0 Å². The molecular weight excluding hydrogens is 224 g/mol. The van der Waals surface area contributed by atoms with E-state index in [4.69, 9.17) is 0 Å². The third kappa shape index (κ3) is 4.52. The number of rotatable bonds is 6. The van der Waals surface area contributed by atoms with Gasteiger partial charge in [-0.2, -0.15) is 0 Å². The van der Waals surface area contributed by atoms with E-state index in [0.717, 1.165) is 6.42 Å². The predicted molar refractivity (Wildman–Crippen MR) is 75.8 cm³/mol. The van der Waals surface area contributed by atoms with Crippen LogP contribution < -0.4 is 0 Å². The minimum Gasteiger partial charge on any atom is -0.393 e. The maximum absolute atomic E-state index is 9.59. The van der Waals surface area contributed by atoms with Crippen molar-refractivity contribution in [3.8, 4) is 0 Å². The number of aliphatic hydroxyl groups is 1. The van der Waals surface area contributed by atoms with E-state index < -0.39 is 0 Å². The van der Waals surface area contributed by atoms with Crippen LogP contribution in [0.5, 0.6) is 0 Å². The van der Waals surface area contributed by atoms with Crippen LogP contribution >= 0.6 is 0 Å². The first-order valence-electron chi connectivity index (χ1n) is 7.90. The van der Waals surface area contributed by atoms with Crippen molar-refractivity contribution in [3.05, 3.63) is 0 Å². The summed E-state index contributed by atoms with van der Waals surface area (Å²) in [5, 5.41) is 9.59. The Labute approximate surface area is 112 Å². The highest BCUT2D eigenvalue weighted by Crippen LogP contribution is 2.21. The molecule has 2 aliphatic heterocycles. The fraction of sp³-hybridized carbons (Fsp3) is 1.00. The molecule has 1 N–H and O–H groups in total. The summed E-state index contributed by atoms with van der Waals surface area (Å²) in [6.07, 6.45) is 8.89. The van der Waals surface area contributed by atoms with Gasteiger partial charge in [-0.1, -0.05) is 6.42 Å². The van der Waals surface area contributed by atoms with Gasteiger partial charge in [0, 0.05) is 6.04 Å². The molecule has 2 fully saturated rings. The number of aliphatic hydroxyl groups excluding tert-OH is 1. The van der Waals surface area contributed by atoms with Crippen LogP contribution in [0.1, 0.15) is 51.9 Å². The quantitative estimate of drug-likeness (QED) is 0.786. The molecule has 2 unspecified atom stereocenters. The van der Waals surface area contributed by atoms with Crippen LogP contribution in [0.3, 0.4) is 0 Å². The zero-order valence-corrected chi connectivity index (χ0v) is 12.0. The lowest BCUT2D eigenvalue weighted by molar-refractivity contribution is 0.0840. The van der Waals surface area contributed by atoms with Gasteiger partial charge in [-0.15, -0.1) is 0 Å². The molecule has 0 aromatic carbocycles. The third-order valence-corrected chi connectivity index (χ3v) is 4.48. The van der Waals surface area contributed by atoms with Gasteiger partial charge in [-0.3, -0.25) is 0 Å². The molecule has 3 nitrogen and oxygen atoms in total. The summed E-state index contributed by atoms with van der Waals surface area (Å²) in [5.74, 6) is 0. The number of hydrogen-bond donors (Lipinski definition) is 1. The van der Waals surface area contributed by atoms with Gasteiger partial charge < -0.3 is 14.9 Å². The number of piperidine rings is 1. The highest BCUT2D eigenvalue weighted by Gasteiger charge is 2.23. The smallest absolute Gasteiger partial charge is 0.0527 e. The van der Waals surface area contributed by atoms with Crippen molar-refractivity contribution < 1.29 is 5.11 Å². The maximum atomic E-state index is 9.59. The Balaban J connectivity index is 1.67. The molecule has 0 amide bonds. The topological polar surface area (TPSA) is 26.7 Å². The van der Waals surface area contributed by atoms with E-state index in [1.165, 1.54) is 71.2 Å². The largest absolute Gasteiger partial charge is 0.393 e. The minimum atomic E-state index is -0.144. The molecule has 2 saturated heterocycles. The van der Waals surface area contributed by atoms with Crippen molar-refractivity contribution in [1.29, 1.82) is 0 Å². The van der Waals surface area contributed by atoms with Crippen LogP contribution in [-0.2, 0) is 0 Å². The molecule has 3 heteroatoms. The monoisotopic (exact) mass is 254 g/mol. The zero-order chi connectivity index (χ0) is 12.8. The zero-order valence-electron chi connectivity index (χ0n) is 12.0. The second-order valence-electron chi connectivity index (χ2n) is 6.17. The minimum absolute atomic E-state index is 0.144. The first-order chi connectivity index (χ1) is 8.75. The lowest BCUT2D eigenvalue weighted by Gasteiger charge is -2.36. The summed E-state index contributed by atoms with van der Waals surface area (Å²) >= 11 is 0. The van der Waals surface area contributed by atoms with Crippen molar-refractivity contribution in [2.24, 2.45) is 0 Å². The van der Waals surface area contributed by atoms with Gasteiger partial charge in [0.2, 0.25) is 0 Å². The molecule has 0 spiro atoms. The van der Waals surface area contributed by atoms with E-state index in [1.54, 1.807) is 0 Å². The van der Waals surface area contributed by atoms with Crippen molar-refractivity contribution >= 4 is 0 Å². The van der Waals surface area contributed by atoms with E-state index in [9.17, 15) is 5.11 Å². The average Bonchev–Trinajstić information content (AvgIpc) is 2.84. The van der Waals surface area contributed by atoms with Crippen LogP contribution in [0.15, 0.2) is 0 Å². The molecule has 2 aliphatic rings. The van der Waals surface area contributed by atoms with E-state index in [-0.39, 0.29) is 6.10 Å². The Morgan fingerprint density at radius 3 is 2.50 bits per heavy atom. The van der Waals surface area contributed by atoms with Crippen molar-refractivity contribution in [2.75, 3.05) is 32.7 Å². The van der Waals surface area contributed by atoms with Crippen LogP contribution in [0, 0.1) is 0 Å². The normalized spacial score (nSPS) is 28.7. The highest BCUT2D eigenvalue weighted by molar-refractivity contribution is 4.79. The van der Waals surface area contributed by atoms with Crippen molar-refractivity contribution in [2.45, 2.75) is 64.0 Å². The summed E-state index contributed by atoms with van der Waals surface area (Å²) in [4.78, 5) is 5.24. The van der Waals surface area contributed by atoms with Gasteiger partial charge in [0.15, 0.2) is 0 Å². The van der Waals surface area contributed by atoms with Crippen LogP contribution in [0.2, 0.25) is 0 Å². The molecule has 0 radical (unpaired) electrons. The molecule has 2 heterocycles. The maximum Gasteiger partial charge on any atom is 0.0527 e. The molecule has 0 aliphatic carbocycles. The summed E-state index contributed by atoms with van der Waals surface area (Å²) < 4.78 is 0. The lowest BCUT2D eigenvalue weighted by atomic mass is 9.97. The molecule has 2 atom stereocenters. The second-order valence-corrected chi connectivity index (χ2v) is 6.17. The van der Waals surface area contributed by atoms with Gasteiger partial charge in [0.05, 0.1) is 6.10 Å². The average molecular weight is 254 g/mol. The number of likely N-dealkylation sites (tertiary alicyclic amines) is 2. The lowest BCUT2D eigenvalue weighted by Crippen LogP contribution is -2.42. The summed E-state index contributed by atoms with van der Waals surface area (Å²) in [7, 11) is 0. The SMILES string of the molecule is CC(O)CC1CCCCN1CCCN1CCCC1. The molecule has 18 heavy (non-hydrogen) atoms. The Morgan fingerprint density at radius 2 is 1.78 bits per heavy atom. The third-order valence-electron chi connectivity index (χ3n) is 4.48. The Bertz CT molecular complexity index is 227. The number of nitrogens with zero attached hydrogens (tertiary/aromatic N) is 2. The molecule has 0 aromatic heterocycles. The van der Waals surface area contributed by atoms with E-state index in [1.807, 2.05) is 6.92 Å².